The van der Waals surface area contributed by atoms with Crippen molar-refractivity contribution in [3.63, 3.8) is 0 Å². The number of carboxylic acids is 1. The Morgan fingerprint density at radius 1 is 1.18 bits per heavy atom. The van der Waals surface area contributed by atoms with Gasteiger partial charge >= 0.3 is 5.97 Å². The van der Waals surface area contributed by atoms with Gasteiger partial charge in [-0.25, -0.2) is 4.79 Å². The van der Waals surface area contributed by atoms with Crippen molar-refractivity contribution in [1.82, 2.24) is 9.80 Å². The van der Waals surface area contributed by atoms with Crippen molar-refractivity contribution in [1.29, 1.82) is 0 Å². The molecule has 0 bridgehead atoms. The van der Waals surface area contributed by atoms with Gasteiger partial charge in [0, 0.05) is 31.8 Å². The van der Waals surface area contributed by atoms with Gasteiger partial charge in [-0.15, -0.1) is 0 Å². The van der Waals surface area contributed by atoms with Crippen LogP contribution in [-0.2, 0) is 4.79 Å². The molecule has 0 spiro atoms. The van der Waals surface area contributed by atoms with Crippen LogP contribution in [-0.4, -0.2) is 59.4 Å². The van der Waals surface area contributed by atoms with E-state index in [-0.39, 0.29) is 11.8 Å². The second-order valence-corrected chi connectivity index (χ2v) is 5.63. The smallest absolute Gasteiger partial charge is 0.326 e. The molecule has 1 N–H and O–H groups in total. The molecule has 22 heavy (non-hydrogen) atoms. The number of nitrogens with zero attached hydrogens (tertiary/aromatic N) is 2. The highest BCUT2D eigenvalue weighted by Gasteiger charge is 2.32. The number of carbonyl (C=O) groups excluding carboxylic acids is 2. The standard InChI is InChI=1S/C16H20N2O4/c1-17(2)14(19)11-6-5-7-12(10-11)15(20)18-9-4-3-8-13(18)16(21)22/h5-7,10,13H,3-4,8-9H2,1-2H3,(H,21,22)/t13-/m0/s1. The quantitative estimate of drug-likeness (QED) is 0.917. The zero-order valence-corrected chi connectivity index (χ0v) is 12.8. The number of carboxylic acid groups (broad SMARTS) is 1. The van der Waals surface area contributed by atoms with E-state index in [1.54, 1.807) is 32.3 Å². The molecule has 0 radical (unpaired) electrons. The molecule has 1 aliphatic heterocycles. The Kier molecular flexibility index (Phi) is 4.80. The molecule has 1 atom stereocenters. The molecule has 6 nitrogen and oxygen atoms in total. The topological polar surface area (TPSA) is 77.9 Å². The average molecular weight is 304 g/mol. The molecule has 1 aromatic rings. The summed E-state index contributed by atoms with van der Waals surface area (Å²) in [5.74, 6) is -1.50. The van der Waals surface area contributed by atoms with Crippen molar-refractivity contribution < 1.29 is 19.5 Å². The fraction of sp³-hybridized carbons (Fsp3) is 0.438. The van der Waals surface area contributed by atoms with Crippen LogP contribution < -0.4 is 0 Å². The summed E-state index contributed by atoms with van der Waals surface area (Å²) in [5, 5.41) is 9.27. The number of benzene rings is 1. The van der Waals surface area contributed by atoms with Crippen molar-refractivity contribution >= 4 is 17.8 Å². The Morgan fingerprint density at radius 3 is 2.50 bits per heavy atom. The van der Waals surface area contributed by atoms with Crippen molar-refractivity contribution in [2.24, 2.45) is 0 Å². The number of hydrogen-bond acceptors (Lipinski definition) is 3. The number of hydrogen-bond donors (Lipinski definition) is 1. The molecule has 0 aliphatic carbocycles. The maximum atomic E-state index is 12.6. The Balaban J connectivity index is 2.27. The lowest BCUT2D eigenvalue weighted by Gasteiger charge is -2.33. The largest absolute Gasteiger partial charge is 0.480 e. The molecule has 118 valence electrons. The highest BCUT2D eigenvalue weighted by Crippen LogP contribution is 2.20. The molecular formula is C16H20N2O4. The van der Waals surface area contributed by atoms with E-state index in [9.17, 15) is 19.5 Å². The predicted molar refractivity (Wildman–Crippen MR) is 80.8 cm³/mol. The predicted octanol–water partition coefficient (Wildman–Crippen LogP) is 1.47. The number of aliphatic carboxylic acids is 1. The van der Waals surface area contributed by atoms with E-state index >= 15 is 0 Å². The van der Waals surface area contributed by atoms with E-state index in [4.69, 9.17) is 0 Å². The van der Waals surface area contributed by atoms with Crippen LogP contribution in [0.15, 0.2) is 24.3 Å². The summed E-state index contributed by atoms with van der Waals surface area (Å²) in [4.78, 5) is 38.7. The van der Waals surface area contributed by atoms with Gasteiger partial charge in [-0.05, 0) is 37.5 Å². The Hall–Kier alpha value is -2.37. The third kappa shape index (κ3) is 3.27. The molecule has 2 amide bonds. The normalized spacial score (nSPS) is 17.9. The number of amides is 2. The Bertz CT molecular complexity index is 598. The number of carbonyl (C=O) groups is 3. The second-order valence-electron chi connectivity index (χ2n) is 5.63. The summed E-state index contributed by atoms with van der Waals surface area (Å²) in [6.45, 7) is 0.432. The van der Waals surface area contributed by atoms with Crippen molar-refractivity contribution in [3.8, 4) is 0 Å². The van der Waals surface area contributed by atoms with E-state index in [0.29, 0.717) is 24.1 Å². The fourth-order valence-corrected chi connectivity index (χ4v) is 2.64. The van der Waals surface area contributed by atoms with Gasteiger partial charge in [0.05, 0.1) is 0 Å². The van der Waals surface area contributed by atoms with Gasteiger partial charge in [0.25, 0.3) is 11.8 Å². The zero-order chi connectivity index (χ0) is 16.3. The van der Waals surface area contributed by atoms with Crippen LogP contribution >= 0.6 is 0 Å². The molecule has 1 aromatic carbocycles. The SMILES string of the molecule is CN(C)C(=O)c1cccc(C(=O)N2CCCC[C@H]2C(=O)O)c1. The van der Waals surface area contributed by atoms with Crippen molar-refractivity contribution in [3.05, 3.63) is 35.4 Å². The summed E-state index contributed by atoms with van der Waals surface area (Å²) in [6.07, 6.45) is 2.07. The third-order valence-corrected chi connectivity index (χ3v) is 3.81. The van der Waals surface area contributed by atoms with E-state index in [1.165, 1.54) is 15.9 Å². The summed E-state index contributed by atoms with van der Waals surface area (Å²) < 4.78 is 0. The molecule has 1 fully saturated rings. The maximum absolute atomic E-state index is 12.6. The lowest BCUT2D eigenvalue weighted by molar-refractivity contribution is -0.143. The fourth-order valence-electron chi connectivity index (χ4n) is 2.64. The average Bonchev–Trinajstić information content (AvgIpc) is 2.53. The second kappa shape index (κ2) is 6.60. The van der Waals surface area contributed by atoms with Gasteiger partial charge in [-0.1, -0.05) is 6.07 Å². The molecule has 1 saturated heterocycles. The first-order valence-corrected chi connectivity index (χ1v) is 7.27. The number of rotatable bonds is 3. The molecule has 0 aromatic heterocycles. The molecule has 1 heterocycles. The van der Waals surface area contributed by atoms with E-state index in [0.717, 1.165) is 12.8 Å². The van der Waals surface area contributed by atoms with E-state index in [1.807, 2.05) is 0 Å². The summed E-state index contributed by atoms with van der Waals surface area (Å²) >= 11 is 0. The molecule has 1 aliphatic rings. The molecule has 2 rings (SSSR count). The molecule has 0 saturated carbocycles. The summed E-state index contributed by atoms with van der Waals surface area (Å²) in [6, 6.07) is 5.64. The molecule has 0 unspecified atom stereocenters. The molecular weight excluding hydrogens is 284 g/mol. The highest BCUT2D eigenvalue weighted by molar-refractivity contribution is 6.00. The first-order valence-electron chi connectivity index (χ1n) is 7.27. The zero-order valence-electron chi connectivity index (χ0n) is 12.8. The van der Waals surface area contributed by atoms with Gasteiger partial charge < -0.3 is 14.9 Å². The summed E-state index contributed by atoms with van der Waals surface area (Å²) in [7, 11) is 3.28. The lowest BCUT2D eigenvalue weighted by Crippen LogP contribution is -2.48. The van der Waals surface area contributed by atoms with Gasteiger partial charge in [0.15, 0.2) is 0 Å². The van der Waals surface area contributed by atoms with E-state index in [2.05, 4.69) is 0 Å². The van der Waals surface area contributed by atoms with Crippen LogP contribution in [0.1, 0.15) is 40.0 Å². The minimum absolute atomic E-state index is 0.192. The first-order chi connectivity index (χ1) is 10.4. The van der Waals surface area contributed by atoms with Crippen LogP contribution in [0.25, 0.3) is 0 Å². The Labute approximate surface area is 129 Å². The molecule has 6 heteroatoms. The van der Waals surface area contributed by atoms with E-state index < -0.39 is 12.0 Å². The monoisotopic (exact) mass is 304 g/mol. The van der Waals surface area contributed by atoms with Crippen molar-refractivity contribution in [2.45, 2.75) is 25.3 Å². The number of likely N-dealkylation sites (tertiary alicyclic amines) is 1. The maximum Gasteiger partial charge on any atom is 0.326 e. The minimum Gasteiger partial charge on any atom is -0.480 e. The Morgan fingerprint density at radius 2 is 1.86 bits per heavy atom. The minimum atomic E-state index is -0.978. The first kappa shape index (κ1) is 16.0. The van der Waals surface area contributed by atoms with Crippen LogP contribution in [0.4, 0.5) is 0 Å². The van der Waals surface area contributed by atoms with Gasteiger partial charge in [-0.3, -0.25) is 9.59 Å². The van der Waals surface area contributed by atoms with Crippen LogP contribution in [0.3, 0.4) is 0 Å². The third-order valence-electron chi connectivity index (χ3n) is 3.81. The van der Waals surface area contributed by atoms with Gasteiger partial charge in [-0.2, -0.15) is 0 Å². The van der Waals surface area contributed by atoms with Crippen LogP contribution in [0.2, 0.25) is 0 Å². The number of piperidine rings is 1. The van der Waals surface area contributed by atoms with Gasteiger partial charge in [0.2, 0.25) is 0 Å². The lowest BCUT2D eigenvalue weighted by atomic mass is 10.00. The van der Waals surface area contributed by atoms with Crippen LogP contribution in [0, 0.1) is 0 Å². The van der Waals surface area contributed by atoms with Gasteiger partial charge in [0.1, 0.15) is 6.04 Å². The van der Waals surface area contributed by atoms with Crippen LogP contribution in [0.5, 0.6) is 0 Å². The summed E-state index contributed by atoms with van der Waals surface area (Å²) in [5.41, 5.74) is 0.764. The van der Waals surface area contributed by atoms with Crippen molar-refractivity contribution in [2.75, 3.05) is 20.6 Å². The highest BCUT2D eigenvalue weighted by atomic mass is 16.4.